The van der Waals surface area contributed by atoms with Crippen molar-refractivity contribution in [3.63, 3.8) is 0 Å². The first-order valence-electron chi connectivity index (χ1n) is 11.1. The lowest BCUT2D eigenvalue weighted by atomic mass is 9.63. The second-order valence-corrected chi connectivity index (χ2v) is 9.48. The summed E-state index contributed by atoms with van der Waals surface area (Å²) in [7, 11) is 1.85. The monoisotopic (exact) mass is 379 g/mol. The molecule has 2 aliphatic heterocycles. The zero-order chi connectivity index (χ0) is 19.3. The number of anilines is 1. The molecule has 2 aliphatic carbocycles. The minimum absolute atomic E-state index is 0.0738. The van der Waals surface area contributed by atoms with Crippen LogP contribution in [-0.2, 0) is 14.9 Å². The molecular formula is C25H33NO2. The van der Waals surface area contributed by atoms with Crippen LogP contribution in [0, 0.1) is 5.92 Å². The van der Waals surface area contributed by atoms with Crippen molar-refractivity contribution < 1.29 is 9.47 Å². The number of ether oxygens (including phenoxy) is 2. The topological polar surface area (TPSA) is 21.7 Å². The maximum Gasteiger partial charge on any atom is 0.122 e. The summed E-state index contributed by atoms with van der Waals surface area (Å²) in [6.07, 6.45) is 12.1. The van der Waals surface area contributed by atoms with Crippen LogP contribution in [0.5, 0.6) is 0 Å². The van der Waals surface area contributed by atoms with Crippen LogP contribution < -0.4 is 4.90 Å². The number of hydrogen-bond donors (Lipinski definition) is 0. The number of nitrogens with zero attached hydrogens (tertiary/aromatic N) is 1. The van der Waals surface area contributed by atoms with Crippen molar-refractivity contribution >= 4 is 5.69 Å². The van der Waals surface area contributed by atoms with Crippen molar-refractivity contribution in [2.24, 2.45) is 5.92 Å². The normalized spacial score (nSPS) is 31.7. The van der Waals surface area contributed by atoms with Crippen molar-refractivity contribution in [2.75, 3.05) is 18.6 Å². The third-order valence-electron chi connectivity index (χ3n) is 7.72. The molecule has 3 nitrogen and oxygen atoms in total. The minimum Gasteiger partial charge on any atom is -0.493 e. The molecule has 3 unspecified atom stereocenters. The van der Waals surface area contributed by atoms with Crippen LogP contribution in [0.4, 0.5) is 5.69 Å². The Bertz CT molecular complexity index is 803. The second kappa shape index (κ2) is 6.95. The van der Waals surface area contributed by atoms with E-state index in [1.54, 1.807) is 0 Å². The van der Waals surface area contributed by atoms with Gasteiger partial charge in [-0.05, 0) is 37.0 Å². The van der Waals surface area contributed by atoms with E-state index < -0.39 is 0 Å². The standard InChI is InChI=1S/C25H33NO2/c1-25(2)18-12-7-8-13-20(18)26(17-10-5-4-6-11-17)24-19(25)16-28-22-15-9-14-21(27-3)23(22)24/h7-9,12-13,15,17,19,21,24H,4-6,10-11,14,16H2,1-3H3. The molecule has 3 heteroatoms. The van der Waals surface area contributed by atoms with E-state index >= 15 is 0 Å². The second-order valence-electron chi connectivity index (χ2n) is 9.48. The Morgan fingerprint density at radius 2 is 1.89 bits per heavy atom. The van der Waals surface area contributed by atoms with Gasteiger partial charge in [0.15, 0.2) is 0 Å². The highest BCUT2D eigenvalue weighted by Gasteiger charge is 2.53. The predicted molar refractivity (Wildman–Crippen MR) is 114 cm³/mol. The summed E-state index contributed by atoms with van der Waals surface area (Å²) >= 11 is 0. The van der Waals surface area contributed by atoms with Crippen molar-refractivity contribution in [2.45, 2.75) is 76.0 Å². The predicted octanol–water partition coefficient (Wildman–Crippen LogP) is 5.36. The summed E-state index contributed by atoms with van der Waals surface area (Å²) in [6, 6.07) is 10.1. The highest BCUT2D eigenvalue weighted by molar-refractivity contribution is 5.64. The third kappa shape index (κ3) is 2.66. The van der Waals surface area contributed by atoms with Crippen LogP contribution in [0.25, 0.3) is 0 Å². The van der Waals surface area contributed by atoms with E-state index in [0.29, 0.717) is 18.0 Å². The quantitative estimate of drug-likeness (QED) is 0.690. The van der Waals surface area contributed by atoms with Gasteiger partial charge in [-0.3, -0.25) is 0 Å². The Balaban J connectivity index is 1.70. The van der Waals surface area contributed by atoms with Gasteiger partial charge >= 0.3 is 0 Å². The van der Waals surface area contributed by atoms with Gasteiger partial charge in [-0.2, -0.15) is 0 Å². The van der Waals surface area contributed by atoms with Crippen molar-refractivity contribution in [3.05, 3.63) is 53.3 Å². The van der Waals surface area contributed by atoms with Crippen molar-refractivity contribution in [3.8, 4) is 0 Å². The number of para-hydroxylation sites is 1. The number of methoxy groups -OCH3 is 1. The summed E-state index contributed by atoms with van der Waals surface area (Å²) in [4.78, 5) is 2.80. The third-order valence-corrected chi connectivity index (χ3v) is 7.72. The largest absolute Gasteiger partial charge is 0.493 e. The molecule has 28 heavy (non-hydrogen) atoms. The molecule has 0 spiro atoms. The molecule has 5 rings (SSSR count). The van der Waals surface area contributed by atoms with Gasteiger partial charge in [0.2, 0.25) is 0 Å². The van der Waals surface area contributed by atoms with Gasteiger partial charge in [0.05, 0.1) is 18.8 Å². The SMILES string of the molecule is COC1CC=CC2=C1C1C(CO2)C(C)(C)c2ccccc2N1C1CCCCC1. The molecule has 0 radical (unpaired) electrons. The number of hydrogen-bond acceptors (Lipinski definition) is 3. The average Bonchev–Trinajstić information content (AvgIpc) is 2.74. The molecule has 1 aromatic rings. The van der Waals surface area contributed by atoms with Gasteiger partial charge in [0.25, 0.3) is 0 Å². The Kier molecular flexibility index (Phi) is 4.54. The first-order valence-corrected chi connectivity index (χ1v) is 11.1. The van der Waals surface area contributed by atoms with Crippen LogP contribution in [0.15, 0.2) is 47.7 Å². The first kappa shape index (κ1) is 18.3. The van der Waals surface area contributed by atoms with E-state index in [1.165, 1.54) is 48.9 Å². The lowest BCUT2D eigenvalue weighted by Crippen LogP contribution is -2.61. The summed E-state index contributed by atoms with van der Waals surface area (Å²) in [5, 5.41) is 0. The van der Waals surface area contributed by atoms with Gasteiger partial charge in [0, 0.05) is 35.7 Å². The van der Waals surface area contributed by atoms with Gasteiger partial charge < -0.3 is 14.4 Å². The molecule has 1 saturated carbocycles. The van der Waals surface area contributed by atoms with Crippen LogP contribution in [-0.4, -0.2) is 31.9 Å². The number of benzene rings is 1. The lowest BCUT2D eigenvalue weighted by molar-refractivity contribution is 0.0490. The Morgan fingerprint density at radius 3 is 2.68 bits per heavy atom. The maximum absolute atomic E-state index is 6.36. The Labute approximate surface area is 169 Å². The smallest absolute Gasteiger partial charge is 0.122 e. The molecule has 0 bridgehead atoms. The first-order chi connectivity index (χ1) is 13.6. The van der Waals surface area contributed by atoms with E-state index in [2.05, 4.69) is 55.2 Å². The van der Waals surface area contributed by atoms with Crippen LogP contribution >= 0.6 is 0 Å². The number of fused-ring (bicyclic) bond motifs is 3. The van der Waals surface area contributed by atoms with Gasteiger partial charge in [-0.1, -0.05) is 57.4 Å². The van der Waals surface area contributed by atoms with E-state index in [1.807, 2.05) is 7.11 Å². The average molecular weight is 380 g/mol. The number of rotatable bonds is 2. The van der Waals surface area contributed by atoms with Crippen LogP contribution in [0.3, 0.4) is 0 Å². The van der Waals surface area contributed by atoms with E-state index in [0.717, 1.165) is 18.8 Å². The summed E-state index contributed by atoms with van der Waals surface area (Å²) < 4.78 is 12.3. The number of allylic oxidation sites excluding steroid dienone is 1. The van der Waals surface area contributed by atoms with E-state index in [-0.39, 0.29) is 11.5 Å². The van der Waals surface area contributed by atoms with Crippen LogP contribution in [0.1, 0.15) is 57.9 Å². The zero-order valence-electron chi connectivity index (χ0n) is 17.5. The summed E-state index contributed by atoms with van der Waals surface area (Å²) in [5.74, 6) is 1.50. The molecule has 3 atom stereocenters. The molecular weight excluding hydrogens is 346 g/mol. The molecule has 0 N–H and O–H groups in total. The van der Waals surface area contributed by atoms with Crippen molar-refractivity contribution in [1.82, 2.24) is 0 Å². The lowest BCUT2D eigenvalue weighted by Gasteiger charge is -2.57. The Hall–Kier alpha value is -1.74. The molecule has 2 heterocycles. The van der Waals surface area contributed by atoms with Crippen molar-refractivity contribution in [1.29, 1.82) is 0 Å². The highest BCUT2D eigenvalue weighted by Crippen LogP contribution is 2.53. The van der Waals surface area contributed by atoms with E-state index in [4.69, 9.17) is 9.47 Å². The molecule has 1 aromatic carbocycles. The van der Waals surface area contributed by atoms with Crippen LogP contribution in [0.2, 0.25) is 0 Å². The maximum atomic E-state index is 6.36. The van der Waals surface area contributed by atoms with Gasteiger partial charge in [-0.15, -0.1) is 0 Å². The van der Waals surface area contributed by atoms with Gasteiger partial charge in [-0.25, -0.2) is 0 Å². The minimum atomic E-state index is 0.0738. The summed E-state index contributed by atoms with van der Waals surface area (Å²) in [5.41, 5.74) is 4.38. The molecule has 0 saturated heterocycles. The zero-order valence-corrected chi connectivity index (χ0v) is 17.5. The fourth-order valence-electron chi connectivity index (χ4n) is 6.18. The fourth-order valence-corrected chi connectivity index (χ4v) is 6.18. The summed E-state index contributed by atoms with van der Waals surface area (Å²) in [6.45, 7) is 5.61. The van der Waals surface area contributed by atoms with E-state index in [9.17, 15) is 0 Å². The molecule has 150 valence electrons. The molecule has 0 aromatic heterocycles. The molecule has 1 fully saturated rings. The molecule has 4 aliphatic rings. The Morgan fingerprint density at radius 1 is 1.11 bits per heavy atom. The highest BCUT2D eigenvalue weighted by atomic mass is 16.5. The fraction of sp³-hybridized carbons (Fsp3) is 0.600. The molecule has 0 amide bonds. The van der Waals surface area contributed by atoms with Gasteiger partial charge in [0.1, 0.15) is 5.76 Å².